The van der Waals surface area contributed by atoms with E-state index < -0.39 is 12.9 Å². The molecule has 2 saturated carbocycles. The maximum Gasteiger partial charge on any atom is 0.269 e. The highest BCUT2D eigenvalue weighted by atomic mass is 19.3. The number of hydrogen-bond acceptors (Lipinski definition) is 12. The van der Waals surface area contributed by atoms with Gasteiger partial charge in [-0.05, 0) is 134 Å². The zero-order valence-corrected chi connectivity index (χ0v) is 41.2. The monoisotopic (exact) mass is 975 g/mol. The molecule has 0 bridgehead atoms. The molecule has 2 saturated heterocycles. The van der Waals surface area contributed by atoms with E-state index in [1.807, 2.05) is 12.1 Å². The average molecular weight is 975 g/mol. The van der Waals surface area contributed by atoms with Crippen molar-refractivity contribution >= 4 is 23.2 Å². The maximum atomic E-state index is 13.8. The fraction of sp³-hybridized carbons (Fsp3) is 0.593. The predicted octanol–water partition coefficient (Wildman–Crippen LogP) is 11.7. The number of ketones is 2. The largest absolute Gasteiger partial charge is 0.481 e. The third-order valence-corrected chi connectivity index (χ3v) is 15.3. The number of methoxy groups -OCH3 is 2. The van der Waals surface area contributed by atoms with Gasteiger partial charge in [0.05, 0.1) is 51.8 Å². The molecule has 0 radical (unpaired) electrons. The summed E-state index contributed by atoms with van der Waals surface area (Å²) in [6, 6.07) is 10.8. The van der Waals surface area contributed by atoms with Crippen LogP contribution in [-0.4, -0.2) is 98.3 Å². The molecule has 4 aromatic heterocycles. The van der Waals surface area contributed by atoms with Crippen LogP contribution in [0.1, 0.15) is 159 Å². The number of halogens is 4. The van der Waals surface area contributed by atoms with Gasteiger partial charge in [-0.25, -0.2) is 37.5 Å². The summed E-state index contributed by atoms with van der Waals surface area (Å²) >= 11 is 0. The summed E-state index contributed by atoms with van der Waals surface area (Å²) in [7, 11) is 2.76. The number of pyridine rings is 4. The van der Waals surface area contributed by atoms with Crippen LogP contribution in [0.15, 0.2) is 61.2 Å². The number of nitrogens with zero attached hydrogens (tertiary/aromatic N) is 6. The van der Waals surface area contributed by atoms with E-state index in [1.54, 1.807) is 49.1 Å². The minimum absolute atomic E-state index is 0.0189. The van der Waals surface area contributed by atoms with Crippen molar-refractivity contribution < 1.29 is 46.1 Å². The minimum atomic E-state index is -2.62. The van der Waals surface area contributed by atoms with Gasteiger partial charge in [-0.3, -0.25) is 9.59 Å². The number of ether oxygens (including phenoxy) is 4. The lowest BCUT2D eigenvalue weighted by Gasteiger charge is -2.34. The fourth-order valence-corrected chi connectivity index (χ4v) is 11.3. The Balaban J connectivity index is 0.000000206. The Hall–Kier alpha value is -5.22. The SMILES string of the molecule is CC[C@@H](CC(=O)c1ccnc(N2CCOCC2)c1)C1CCC(c2ccnc(OC)c2C(F)F)CC1.CC[C@H](CC(=O)c1ccnc(N2CCOCC2)c1)C1CCC(c2ccnc(OC)c2C(F)F)CC1. The summed E-state index contributed by atoms with van der Waals surface area (Å²) < 4.78 is 76.1. The number of anilines is 2. The number of carbonyl (C=O) groups is 2. The first kappa shape index (κ1) is 52.6. The standard InChI is InChI=1S/2C27H35F2N3O3/c2*1-3-18(16-23(33)21-8-10-30-24(17-21)32-12-14-35-15-13-32)19-4-6-20(7-5-19)22-9-11-31-27(34-2)25(22)26(28)29/h2*8-11,17-20,26H,3-7,12-16H2,1-2H3/t2*18-,19?,20?/m10/s1. The zero-order valence-electron chi connectivity index (χ0n) is 41.2. The Labute approximate surface area is 410 Å². The van der Waals surface area contributed by atoms with Crippen LogP contribution in [0.25, 0.3) is 0 Å². The number of hydrogen-bond donors (Lipinski definition) is 0. The van der Waals surface area contributed by atoms with Gasteiger partial charge in [-0.1, -0.05) is 26.7 Å². The van der Waals surface area contributed by atoms with Crippen molar-refractivity contribution in [2.75, 3.05) is 76.6 Å². The van der Waals surface area contributed by atoms with Crippen molar-refractivity contribution in [3.63, 3.8) is 0 Å². The van der Waals surface area contributed by atoms with Crippen LogP contribution in [0, 0.1) is 23.7 Å². The van der Waals surface area contributed by atoms with Crippen molar-refractivity contribution in [2.24, 2.45) is 23.7 Å². The predicted molar refractivity (Wildman–Crippen MR) is 261 cm³/mol. The van der Waals surface area contributed by atoms with Gasteiger partial charge in [0.2, 0.25) is 11.8 Å². The van der Waals surface area contributed by atoms with E-state index in [9.17, 15) is 27.2 Å². The Bertz CT molecular complexity index is 2140. The van der Waals surface area contributed by atoms with E-state index in [2.05, 4.69) is 43.6 Å². The highest BCUT2D eigenvalue weighted by molar-refractivity contribution is 5.97. The third kappa shape index (κ3) is 13.2. The Morgan fingerprint density at radius 2 is 0.929 bits per heavy atom. The molecule has 4 fully saturated rings. The molecule has 0 spiro atoms. The van der Waals surface area contributed by atoms with E-state index in [1.165, 1.54) is 14.2 Å². The molecule has 2 aliphatic carbocycles. The van der Waals surface area contributed by atoms with Gasteiger partial charge in [0.15, 0.2) is 11.6 Å². The van der Waals surface area contributed by atoms with Gasteiger partial charge in [-0.15, -0.1) is 0 Å². The number of alkyl halides is 4. The van der Waals surface area contributed by atoms with Crippen LogP contribution in [-0.2, 0) is 9.47 Å². The normalized spacial score (nSPS) is 21.7. The molecule has 0 unspecified atom stereocenters. The molecular weight excluding hydrogens is 905 g/mol. The van der Waals surface area contributed by atoms with Crippen molar-refractivity contribution in [3.8, 4) is 11.8 Å². The molecule has 8 rings (SSSR count). The molecule has 0 N–H and O–H groups in total. The summed E-state index contributed by atoms with van der Waals surface area (Å²) in [5.41, 5.74) is 2.57. The zero-order chi connectivity index (χ0) is 49.6. The van der Waals surface area contributed by atoms with Crippen LogP contribution in [0.5, 0.6) is 11.8 Å². The van der Waals surface area contributed by atoms with Gasteiger partial charge in [0, 0.05) is 74.9 Å². The van der Waals surface area contributed by atoms with Gasteiger partial charge in [0.25, 0.3) is 12.9 Å². The Morgan fingerprint density at radius 1 is 0.571 bits per heavy atom. The second-order valence-electron chi connectivity index (χ2n) is 19.1. The summed E-state index contributed by atoms with van der Waals surface area (Å²) in [6.07, 6.45) is 11.2. The van der Waals surface area contributed by atoms with Crippen LogP contribution < -0.4 is 19.3 Å². The van der Waals surface area contributed by atoms with Crippen LogP contribution >= 0.6 is 0 Å². The van der Waals surface area contributed by atoms with Gasteiger partial charge >= 0.3 is 0 Å². The van der Waals surface area contributed by atoms with Gasteiger partial charge in [-0.2, -0.15) is 0 Å². The van der Waals surface area contributed by atoms with E-state index in [-0.39, 0.29) is 58.1 Å². The number of morpholine rings is 2. The molecule has 0 aromatic carbocycles. The van der Waals surface area contributed by atoms with Crippen LogP contribution in [0.4, 0.5) is 29.2 Å². The highest BCUT2D eigenvalue weighted by Crippen LogP contribution is 2.46. The van der Waals surface area contributed by atoms with E-state index in [4.69, 9.17) is 18.9 Å². The molecule has 2 aliphatic heterocycles. The second-order valence-corrected chi connectivity index (χ2v) is 19.1. The lowest BCUT2D eigenvalue weighted by Crippen LogP contribution is -2.36. The van der Waals surface area contributed by atoms with Crippen molar-refractivity contribution in [1.82, 2.24) is 19.9 Å². The van der Waals surface area contributed by atoms with Crippen molar-refractivity contribution in [1.29, 1.82) is 0 Å². The van der Waals surface area contributed by atoms with Gasteiger partial charge in [0.1, 0.15) is 11.6 Å². The fourth-order valence-electron chi connectivity index (χ4n) is 11.3. The molecule has 4 aliphatic rings. The Morgan fingerprint density at radius 3 is 1.26 bits per heavy atom. The average Bonchev–Trinajstić information content (AvgIpc) is 3.41. The molecule has 2 atom stereocenters. The second kappa shape index (κ2) is 25.8. The summed E-state index contributed by atoms with van der Waals surface area (Å²) in [6.45, 7) is 10.1. The Kier molecular flexibility index (Phi) is 19.4. The van der Waals surface area contributed by atoms with Crippen LogP contribution in [0.2, 0.25) is 0 Å². The smallest absolute Gasteiger partial charge is 0.269 e. The topological polar surface area (TPSA) is 129 Å². The maximum absolute atomic E-state index is 13.8. The van der Waals surface area contributed by atoms with E-state index >= 15 is 0 Å². The lowest BCUT2D eigenvalue weighted by molar-refractivity contribution is 0.0917. The summed E-state index contributed by atoms with van der Waals surface area (Å²) in [4.78, 5) is 47.6. The van der Waals surface area contributed by atoms with Gasteiger partial charge < -0.3 is 28.7 Å². The molecule has 12 nitrogen and oxygen atoms in total. The molecule has 70 heavy (non-hydrogen) atoms. The third-order valence-electron chi connectivity index (χ3n) is 15.3. The molecule has 4 aromatic rings. The van der Waals surface area contributed by atoms with Crippen molar-refractivity contribution in [2.45, 2.75) is 116 Å². The molecule has 0 amide bonds. The lowest BCUT2D eigenvalue weighted by atomic mass is 9.71. The molecule has 6 heterocycles. The van der Waals surface area contributed by atoms with E-state index in [0.29, 0.717) is 73.4 Å². The molecular formula is C54H70F4N6O6. The molecule has 16 heteroatoms. The number of rotatable bonds is 18. The number of Topliss-reactive ketones (excluding diaryl/α,β-unsaturated/α-hetero) is 2. The minimum Gasteiger partial charge on any atom is -0.481 e. The van der Waals surface area contributed by atoms with Crippen LogP contribution in [0.3, 0.4) is 0 Å². The summed E-state index contributed by atoms with van der Waals surface area (Å²) in [5, 5.41) is 0. The first-order valence-electron chi connectivity index (χ1n) is 25.3. The molecule has 380 valence electrons. The quantitative estimate of drug-likeness (QED) is 0.0695. The summed E-state index contributed by atoms with van der Waals surface area (Å²) in [5.74, 6) is 3.52. The van der Waals surface area contributed by atoms with Crippen molar-refractivity contribution in [3.05, 3.63) is 94.6 Å². The first-order chi connectivity index (χ1) is 34.0. The highest BCUT2D eigenvalue weighted by Gasteiger charge is 2.34. The first-order valence-corrected chi connectivity index (χ1v) is 25.3. The van der Waals surface area contributed by atoms with E-state index in [0.717, 1.165) is 102 Å². The number of aromatic nitrogens is 4. The number of carbonyl (C=O) groups excluding carboxylic acids is 2.